The number of anilines is 1. The number of benzene rings is 4. The minimum absolute atomic E-state index is 0.0598. The van der Waals surface area contributed by atoms with Crippen LogP contribution in [0.5, 0.6) is 0 Å². The predicted octanol–water partition coefficient (Wildman–Crippen LogP) is 6.26. The number of hydrogen-bond acceptors (Lipinski definition) is 7. The minimum Gasteiger partial charge on any atom is -0.478 e. The van der Waals surface area contributed by atoms with Gasteiger partial charge in [-0.2, -0.15) is 0 Å². The Balaban J connectivity index is 1.38. The Morgan fingerprint density at radius 1 is 0.857 bits per heavy atom. The third-order valence-corrected chi connectivity index (χ3v) is 9.69. The molecule has 0 unspecified atom stereocenters. The molecule has 1 heterocycles. The third-order valence-electron chi connectivity index (χ3n) is 7.13. The molecule has 8 nitrogen and oxygen atoms in total. The van der Waals surface area contributed by atoms with Crippen LogP contribution in [0.25, 0.3) is 0 Å². The molecule has 0 aromatic heterocycles. The van der Waals surface area contributed by atoms with Crippen LogP contribution in [-0.2, 0) is 26.1 Å². The summed E-state index contributed by atoms with van der Waals surface area (Å²) >= 11 is 1.42. The number of aliphatic hydroxyl groups excluding tert-OH is 1. The maximum absolute atomic E-state index is 12.8. The average molecular weight is 606 g/mol. The first-order chi connectivity index (χ1) is 20.2. The Hall–Kier alpha value is -3.67. The van der Waals surface area contributed by atoms with Gasteiger partial charge in [-0.3, -0.25) is 4.72 Å². The quantitative estimate of drug-likeness (QED) is 0.181. The van der Waals surface area contributed by atoms with Gasteiger partial charge < -0.3 is 19.7 Å². The lowest BCUT2D eigenvalue weighted by Crippen LogP contribution is -2.38. The lowest BCUT2D eigenvalue weighted by Gasteiger charge is -2.41. The van der Waals surface area contributed by atoms with E-state index in [2.05, 4.69) is 4.72 Å². The molecule has 1 saturated heterocycles. The molecule has 0 spiro atoms. The number of sulfonamides is 1. The molecular formula is C32H31NO7S2. The van der Waals surface area contributed by atoms with E-state index in [-0.39, 0.29) is 35.2 Å². The molecule has 4 atom stereocenters. The van der Waals surface area contributed by atoms with Crippen molar-refractivity contribution < 1.29 is 32.9 Å². The molecule has 0 amide bonds. The van der Waals surface area contributed by atoms with Crippen LogP contribution >= 0.6 is 11.8 Å². The van der Waals surface area contributed by atoms with Gasteiger partial charge in [-0.15, -0.1) is 11.8 Å². The second-order valence-corrected chi connectivity index (χ2v) is 12.7. The van der Waals surface area contributed by atoms with Crippen molar-refractivity contribution in [2.45, 2.75) is 41.8 Å². The molecule has 10 heteroatoms. The first-order valence-electron chi connectivity index (χ1n) is 13.4. The maximum atomic E-state index is 12.8. The summed E-state index contributed by atoms with van der Waals surface area (Å²) in [5, 5.41) is 19.1. The van der Waals surface area contributed by atoms with Crippen molar-refractivity contribution >= 4 is 33.4 Å². The molecule has 218 valence electrons. The molecule has 42 heavy (non-hydrogen) atoms. The summed E-state index contributed by atoms with van der Waals surface area (Å²) in [6.07, 6.45) is -1.38. The zero-order chi connectivity index (χ0) is 29.7. The molecule has 4 aromatic carbocycles. The fourth-order valence-corrected chi connectivity index (χ4v) is 7.06. The Labute approximate surface area is 249 Å². The van der Waals surface area contributed by atoms with Crippen molar-refractivity contribution in [3.8, 4) is 0 Å². The van der Waals surface area contributed by atoms with Gasteiger partial charge in [0.25, 0.3) is 10.0 Å². The highest BCUT2D eigenvalue weighted by molar-refractivity contribution is 7.99. The van der Waals surface area contributed by atoms with Crippen LogP contribution in [0.15, 0.2) is 113 Å². The van der Waals surface area contributed by atoms with E-state index in [0.717, 1.165) is 11.1 Å². The molecule has 0 aliphatic carbocycles. The van der Waals surface area contributed by atoms with E-state index in [0.29, 0.717) is 21.9 Å². The number of aromatic carboxylic acids is 1. The van der Waals surface area contributed by atoms with E-state index in [4.69, 9.17) is 9.47 Å². The van der Waals surface area contributed by atoms with Crippen molar-refractivity contribution in [1.82, 2.24) is 0 Å². The van der Waals surface area contributed by atoms with E-state index < -0.39 is 22.3 Å². The van der Waals surface area contributed by atoms with E-state index in [9.17, 15) is 23.4 Å². The number of rotatable bonds is 10. The number of aliphatic hydroxyl groups is 1. The van der Waals surface area contributed by atoms with Crippen LogP contribution in [-0.4, -0.2) is 36.5 Å². The number of ether oxygens (including phenoxy) is 2. The monoisotopic (exact) mass is 605 g/mol. The summed E-state index contributed by atoms with van der Waals surface area (Å²) in [4.78, 5) is 12.6. The second kappa shape index (κ2) is 13.1. The van der Waals surface area contributed by atoms with Crippen molar-refractivity contribution in [2.24, 2.45) is 5.92 Å². The predicted molar refractivity (Wildman–Crippen MR) is 161 cm³/mol. The van der Waals surface area contributed by atoms with Gasteiger partial charge in [0.2, 0.25) is 0 Å². The number of carbonyl (C=O) groups is 1. The summed E-state index contributed by atoms with van der Waals surface area (Å²) < 4.78 is 41.0. The fraction of sp³-hybridized carbons (Fsp3) is 0.219. The number of hydrogen-bond donors (Lipinski definition) is 3. The number of carboxylic acids is 1. The highest BCUT2D eigenvalue weighted by Crippen LogP contribution is 2.43. The van der Waals surface area contributed by atoms with Crippen LogP contribution in [0.2, 0.25) is 0 Å². The third kappa shape index (κ3) is 6.86. The lowest BCUT2D eigenvalue weighted by molar-refractivity contribution is -0.268. The number of carboxylic acid groups (broad SMARTS) is 1. The molecule has 3 N–H and O–H groups in total. The van der Waals surface area contributed by atoms with Gasteiger partial charge in [-0.05, 0) is 47.5 Å². The molecule has 0 bridgehead atoms. The van der Waals surface area contributed by atoms with Gasteiger partial charge in [0.05, 0.1) is 29.3 Å². The summed E-state index contributed by atoms with van der Waals surface area (Å²) in [6.45, 7) is 1.98. The normalized spacial score (nSPS) is 20.6. The molecule has 5 rings (SSSR count). The fourth-order valence-electron chi connectivity index (χ4n) is 4.77. The number of nitrogens with one attached hydrogen (secondary N) is 1. The van der Waals surface area contributed by atoms with Crippen molar-refractivity contribution in [3.63, 3.8) is 0 Å². The Morgan fingerprint density at radius 3 is 2.17 bits per heavy atom. The number of thioether (sulfide) groups is 1. The largest absolute Gasteiger partial charge is 0.478 e. The summed E-state index contributed by atoms with van der Waals surface area (Å²) in [7, 11) is -3.74. The van der Waals surface area contributed by atoms with Crippen LogP contribution in [0.1, 0.15) is 46.4 Å². The van der Waals surface area contributed by atoms with Crippen LogP contribution in [0.3, 0.4) is 0 Å². The molecule has 1 aliphatic rings. The highest BCUT2D eigenvalue weighted by atomic mass is 32.2. The molecule has 1 fully saturated rings. The lowest BCUT2D eigenvalue weighted by atomic mass is 9.91. The van der Waals surface area contributed by atoms with Crippen molar-refractivity contribution in [3.05, 3.63) is 125 Å². The van der Waals surface area contributed by atoms with Crippen LogP contribution in [0, 0.1) is 5.92 Å². The highest BCUT2D eigenvalue weighted by Gasteiger charge is 2.38. The standard InChI is InChI=1S/C32H31NO7S2/c1-21-28(20-41-29-10-6-5-9-27(29)31(35)36)39-32(40-30(21)23-13-11-22(19-34)12-14-23)24-15-17-25(18-16-24)33-42(37,38)26-7-3-2-4-8-26/h2-18,21,28,30,32-34H,19-20H2,1H3,(H,35,36)/t21-,28+,30+,32+/m1/s1. The van der Waals surface area contributed by atoms with Gasteiger partial charge in [0, 0.05) is 27.8 Å². The van der Waals surface area contributed by atoms with E-state index in [1.165, 1.54) is 23.9 Å². The Kier molecular flexibility index (Phi) is 9.30. The summed E-state index contributed by atoms with van der Waals surface area (Å²) in [6, 6.07) is 29.5. The first-order valence-corrected chi connectivity index (χ1v) is 15.9. The van der Waals surface area contributed by atoms with Crippen LogP contribution < -0.4 is 4.72 Å². The van der Waals surface area contributed by atoms with Gasteiger partial charge >= 0.3 is 5.97 Å². The van der Waals surface area contributed by atoms with Gasteiger partial charge in [-0.25, -0.2) is 13.2 Å². The molecule has 0 saturated carbocycles. The van der Waals surface area contributed by atoms with Gasteiger partial charge in [-0.1, -0.05) is 73.7 Å². The Bertz CT molecular complexity index is 1610. The molecule has 0 radical (unpaired) electrons. The van der Waals surface area contributed by atoms with E-state index in [1.54, 1.807) is 60.7 Å². The zero-order valence-electron chi connectivity index (χ0n) is 22.8. The molecular weight excluding hydrogens is 574 g/mol. The Morgan fingerprint density at radius 2 is 1.50 bits per heavy atom. The molecule has 4 aromatic rings. The zero-order valence-corrected chi connectivity index (χ0v) is 24.4. The maximum Gasteiger partial charge on any atom is 0.336 e. The summed E-state index contributed by atoms with van der Waals surface area (Å²) in [5.41, 5.74) is 3.08. The average Bonchev–Trinajstić information content (AvgIpc) is 3.01. The van der Waals surface area contributed by atoms with Crippen molar-refractivity contribution in [1.29, 1.82) is 0 Å². The summed E-state index contributed by atoms with van der Waals surface area (Å²) in [5.74, 6) is -0.574. The van der Waals surface area contributed by atoms with Crippen LogP contribution in [0.4, 0.5) is 5.69 Å². The van der Waals surface area contributed by atoms with Gasteiger partial charge in [0.1, 0.15) is 0 Å². The van der Waals surface area contributed by atoms with Crippen molar-refractivity contribution in [2.75, 3.05) is 10.5 Å². The second-order valence-electron chi connectivity index (χ2n) is 9.97. The van der Waals surface area contributed by atoms with E-state index >= 15 is 0 Å². The van der Waals surface area contributed by atoms with E-state index in [1.807, 2.05) is 37.3 Å². The van der Waals surface area contributed by atoms with Gasteiger partial charge in [0.15, 0.2) is 6.29 Å². The SMILES string of the molecule is C[C@@H]1[C@H](CSc2ccccc2C(=O)O)O[C@H](c2ccc(NS(=O)(=O)c3ccccc3)cc2)O[C@@H]1c1ccc(CO)cc1. The minimum atomic E-state index is -3.74. The smallest absolute Gasteiger partial charge is 0.336 e. The topological polar surface area (TPSA) is 122 Å². The first kappa shape index (κ1) is 29.8. The molecule has 1 aliphatic heterocycles.